The third-order valence-corrected chi connectivity index (χ3v) is 3.16. The zero-order chi connectivity index (χ0) is 13.5. The summed E-state index contributed by atoms with van der Waals surface area (Å²) in [4.78, 5) is 13.0. The average Bonchev–Trinajstić information content (AvgIpc) is 2.33. The highest BCUT2D eigenvalue weighted by atomic mass is 19.4. The summed E-state index contributed by atoms with van der Waals surface area (Å²) in [5.74, 6) is -0.164. The van der Waals surface area contributed by atoms with Gasteiger partial charge in [0.1, 0.15) is 6.04 Å². The molecule has 0 bridgehead atoms. The van der Waals surface area contributed by atoms with Crippen molar-refractivity contribution in [1.29, 1.82) is 0 Å². The van der Waals surface area contributed by atoms with Gasteiger partial charge in [-0.1, -0.05) is 12.1 Å². The van der Waals surface area contributed by atoms with Gasteiger partial charge in [-0.2, -0.15) is 13.2 Å². The van der Waals surface area contributed by atoms with Crippen molar-refractivity contribution in [2.24, 2.45) is 5.73 Å². The highest BCUT2D eigenvalue weighted by Crippen LogP contribution is 2.35. The molecule has 18 heavy (non-hydrogen) atoms. The van der Waals surface area contributed by atoms with E-state index in [9.17, 15) is 18.0 Å². The zero-order valence-electron chi connectivity index (χ0n) is 9.74. The summed E-state index contributed by atoms with van der Waals surface area (Å²) < 4.78 is 37.2. The number of likely N-dealkylation sites (N-methyl/N-ethyl adjacent to an activating group) is 1. The Kier molecular flexibility index (Phi) is 3.06. The van der Waals surface area contributed by atoms with Crippen molar-refractivity contribution in [3.63, 3.8) is 0 Å². The molecule has 0 radical (unpaired) electrons. The van der Waals surface area contributed by atoms with Crippen LogP contribution in [0.4, 0.5) is 13.2 Å². The number of hydrogen-bond acceptors (Lipinski definition) is 2. The van der Waals surface area contributed by atoms with Crippen molar-refractivity contribution >= 4 is 5.91 Å². The Morgan fingerprint density at radius 1 is 1.28 bits per heavy atom. The number of nitrogens with two attached hydrogens (primary N) is 1. The van der Waals surface area contributed by atoms with E-state index >= 15 is 0 Å². The molecule has 2 rings (SSSR count). The van der Waals surface area contributed by atoms with Gasteiger partial charge in [0, 0.05) is 6.54 Å². The molecule has 2 N–H and O–H groups in total. The van der Waals surface area contributed by atoms with E-state index < -0.39 is 17.8 Å². The molecule has 0 aliphatic carbocycles. The van der Waals surface area contributed by atoms with Gasteiger partial charge < -0.3 is 10.6 Å². The van der Waals surface area contributed by atoms with E-state index in [1.807, 2.05) is 0 Å². The summed E-state index contributed by atoms with van der Waals surface area (Å²) in [5.41, 5.74) is 5.61. The quantitative estimate of drug-likeness (QED) is 0.824. The summed E-state index contributed by atoms with van der Waals surface area (Å²) in [6.45, 7) is 2.30. The van der Waals surface area contributed by atoms with E-state index in [-0.39, 0.29) is 11.9 Å². The Bertz CT molecular complexity index is 455. The Morgan fingerprint density at radius 2 is 1.83 bits per heavy atom. The normalized spacial score (nSPS) is 24.1. The largest absolute Gasteiger partial charge is 0.416 e. The lowest BCUT2D eigenvalue weighted by molar-refractivity contribution is -0.149. The maximum atomic E-state index is 12.4. The number of carbonyl (C=O) groups is 1. The van der Waals surface area contributed by atoms with Crippen molar-refractivity contribution < 1.29 is 18.0 Å². The fourth-order valence-electron chi connectivity index (χ4n) is 2.18. The summed E-state index contributed by atoms with van der Waals surface area (Å²) in [6, 6.07) is 3.81. The highest BCUT2D eigenvalue weighted by molar-refractivity contribution is 5.89. The lowest BCUT2D eigenvalue weighted by atomic mass is 9.89. The molecule has 1 aliphatic heterocycles. The number of halogens is 3. The highest BCUT2D eigenvalue weighted by Gasteiger charge is 2.44. The monoisotopic (exact) mass is 258 g/mol. The number of β-lactam (4-membered cyclic amide) rings is 1. The molecule has 1 fully saturated rings. The molecular weight excluding hydrogens is 245 g/mol. The molecule has 6 heteroatoms. The second kappa shape index (κ2) is 4.28. The molecule has 1 amide bonds. The van der Waals surface area contributed by atoms with Crippen molar-refractivity contribution in [3.8, 4) is 0 Å². The number of hydrogen-bond donors (Lipinski definition) is 1. The van der Waals surface area contributed by atoms with E-state index in [0.717, 1.165) is 12.1 Å². The molecule has 1 saturated heterocycles. The minimum Gasteiger partial charge on any atom is -0.332 e. The number of amides is 1. The first-order valence-electron chi connectivity index (χ1n) is 5.59. The van der Waals surface area contributed by atoms with E-state index in [1.54, 1.807) is 11.8 Å². The van der Waals surface area contributed by atoms with Gasteiger partial charge in [-0.15, -0.1) is 0 Å². The molecule has 1 heterocycles. The predicted molar refractivity (Wildman–Crippen MR) is 59.5 cm³/mol. The van der Waals surface area contributed by atoms with Gasteiger partial charge in [0.05, 0.1) is 11.6 Å². The summed E-state index contributed by atoms with van der Waals surface area (Å²) in [6.07, 6.45) is -4.35. The fourth-order valence-corrected chi connectivity index (χ4v) is 2.18. The molecule has 1 aromatic rings. The Balaban J connectivity index is 2.23. The first-order valence-corrected chi connectivity index (χ1v) is 5.59. The summed E-state index contributed by atoms with van der Waals surface area (Å²) >= 11 is 0. The van der Waals surface area contributed by atoms with Crippen LogP contribution in [0.3, 0.4) is 0 Å². The van der Waals surface area contributed by atoms with Crippen LogP contribution >= 0.6 is 0 Å². The Morgan fingerprint density at radius 3 is 2.28 bits per heavy atom. The molecule has 3 nitrogen and oxygen atoms in total. The number of nitrogens with zero attached hydrogens (tertiary/aromatic N) is 1. The van der Waals surface area contributed by atoms with Crippen molar-refractivity contribution in [3.05, 3.63) is 35.4 Å². The van der Waals surface area contributed by atoms with E-state index in [0.29, 0.717) is 12.1 Å². The van der Waals surface area contributed by atoms with E-state index in [1.165, 1.54) is 12.1 Å². The Labute approximate surface area is 102 Å². The van der Waals surface area contributed by atoms with Gasteiger partial charge in [-0.05, 0) is 24.6 Å². The predicted octanol–water partition coefficient (Wildman–Crippen LogP) is 1.94. The third-order valence-electron chi connectivity index (χ3n) is 3.16. The number of alkyl halides is 3. The van der Waals surface area contributed by atoms with Crippen LogP contribution in [0.2, 0.25) is 0 Å². The minimum absolute atomic E-state index is 0.164. The molecule has 0 aromatic heterocycles. The molecule has 2 atom stereocenters. The summed E-state index contributed by atoms with van der Waals surface area (Å²) in [5, 5.41) is 0. The molecule has 0 unspecified atom stereocenters. The first kappa shape index (κ1) is 12.9. The van der Waals surface area contributed by atoms with Gasteiger partial charge in [0.25, 0.3) is 0 Å². The van der Waals surface area contributed by atoms with Crippen LogP contribution in [0.15, 0.2) is 24.3 Å². The molecule has 98 valence electrons. The lowest BCUT2D eigenvalue weighted by Gasteiger charge is -2.45. The zero-order valence-corrected chi connectivity index (χ0v) is 9.74. The first-order chi connectivity index (χ1) is 8.36. The van der Waals surface area contributed by atoms with Crippen LogP contribution in [-0.2, 0) is 11.0 Å². The van der Waals surface area contributed by atoms with Crippen LogP contribution < -0.4 is 5.73 Å². The Hall–Kier alpha value is -1.56. The number of rotatable bonds is 2. The minimum atomic E-state index is -4.35. The average molecular weight is 258 g/mol. The van der Waals surface area contributed by atoms with Crippen LogP contribution in [0.5, 0.6) is 0 Å². The maximum Gasteiger partial charge on any atom is 0.416 e. The van der Waals surface area contributed by atoms with Gasteiger partial charge in [-0.3, -0.25) is 4.79 Å². The van der Waals surface area contributed by atoms with E-state index in [4.69, 9.17) is 5.73 Å². The van der Waals surface area contributed by atoms with Crippen LogP contribution in [-0.4, -0.2) is 23.4 Å². The SMILES string of the molecule is CCN1C(=O)[C@@H](N)[C@@H]1c1ccc(C(F)(F)F)cc1. The van der Waals surface area contributed by atoms with Crippen molar-refractivity contribution in [2.75, 3.05) is 6.54 Å². The number of carbonyl (C=O) groups excluding carboxylic acids is 1. The van der Waals surface area contributed by atoms with Gasteiger partial charge >= 0.3 is 6.18 Å². The molecule has 0 saturated carbocycles. The number of benzene rings is 1. The third kappa shape index (κ3) is 1.96. The van der Waals surface area contributed by atoms with Gasteiger partial charge in [-0.25, -0.2) is 0 Å². The smallest absolute Gasteiger partial charge is 0.332 e. The van der Waals surface area contributed by atoms with Gasteiger partial charge in [0.2, 0.25) is 5.91 Å². The standard InChI is InChI=1S/C12H13F3N2O/c1-2-17-10(9(16)11(17)18)7-3-5-8(6-4-7)12(13,14)15/h3-6,9-10H,2,16H2,1H3/t9-,10-/m0/s1. The van der Waals surface area contributed by atoms with Crippen LogP contribution in [0, 0.1) is 0 Å². The lowest BCUT2D eigenvalue weighted by Crippen LogP contribution is -2.62. The van der Waals surface area contributed by atoms with Crippen LogP contribution in [0.25, 0.3) is 0 Å². The molecule has 1 aromatic carbocycles. The second-order valence-corrected chi connectivity index (χ2v) is 4.21. The van der Waals surface area contributed by atoms with E-state index in [2.05, 4.69) is 0 Å². The molecule has 0 spiro atoms. The number of likely N-dealkylation sites (tertiary alicyclic amines) is 1. The van der Waals surface area contributed by atoms with Crippen LogP contribution in [0.1, 0.15) is 24.1 Å². The second-order valence-electron chi connectivity index (χ2n) is 4.21. The molecule has 1 aliphatic rings. The van der Waals surface area contributed by atoms with Crippen molar-refractivity contribution in [1.82, 2.24) is 4.90 Å². The fraction of sp³-hybridized carbons (Fsp3) is 0.417. The maximum absolute atomic E-state index is 12.4. The van der Waals surface area contributed by atoms with Crippen molar-refractivity contribution in [2.45, 2.75) is 25.2 Å². The topological polar surface area (TPSA) is 46.3 Å². The van der Waals surface area contributed by atoms with Gasteiger partial charge in [0.15, 0.2) is 0 Å². The molecular formula is C12H13F3N2O. The summed E-state index contributed by atoms with van der Waals surface area (Å²) in [7, 11) is 0.